The summed E-state index contributed by atoms with van der Waals surface area (Å²) in [7, 11) is 0. The summed E-state index contributed by atoms with van der Waals surface area (Å²) in [5, 5.41) is 3.49. The Labute approximate surface area is 311 Å². The van der Waals surface area contributed by atoms with E-state index in [0.717, 1.165) is 31.4 Å². The molecule has 0 radical (unpaired) electrons. The number of nitrogens with zero attached hydrogens (tertiary/aromatic N) is 1. The van der Waals surface area contributed by atoms with Crippen LogP contribution < -0.4 is 0 Å². The summed E-state index contributed by atoms with van der Waals surface area (Å²) in [5.41, 5.74) is 15.3. The highest BCUT2D eigenvalue weighted by atomic mass is 32.1. The molecule has 0 atom stereocenters. The first-order valence-corrected chi connectivity index (χ1v) is 20.5. The Morgan fingerprint density at radius 2 is 1.12 bits per heavy atom. The van der Waals surface area contributed by atoms with Crippen LogP contribution in [0.3, 0.4) is 0 Å². The van der Waals surface area contributed by atoms with E-state index >= 15 is 0 Å². The maximum Gasteiger partial charge on any atom is 0.0793 e. The lowest BCUT2D eigenvalue weighted by Gasteiger charge is -2.19. The molecule has 0 N–H and O–H groups in total. The van der Waals surface area contributed by atoms with Gasteiger partial charge in [-0.2, -0.15) is 0 Å². The number of aryl methyl sites for hydroxylation is 4. The van der Waals surface area contributed by atoms with Gasteiger partial charge in [0.1, 0.15) is 0 Å². The third-order valence-electron chi connectivity index (χ3n) is 10.2. The first kappa shape index (κ1) is 36.5. The Hall–Kier alpha value is -4.27. The molecule has 0 saturated carbocycles. The number of pyridine rings is 1. The highest BCUT2D eigenvalue weighted by Gasteiger charge is 2.20. The Morgan fingerprint density at radius 3 is 1.71 bits per heavy atom. The van der Waals surface area contributed by atoms with E-state index in [4.69, 9.17) is 4.98 Å². The molecule has 2 heterocycles. The van der Waals surface area contributed by atoms with Gasteiger partial charge in [0, 0.05) is 22.7 Å². The Balaban J connectivity index is 1.55. The third kappa shape index (κ3) is 9.16. The smallest absolute Gasteiger partial charge is 0.0793 e. The average molecular weight is 690 g/mol. The highest BCUT2D eigenvalue weighted by molar-refractivity contribution is 7.17. The van der Waals surface area contributed by atoms with E-state index in [2.05, 4.69) is 142 Å². The van der Waals surface area contributed by atoms with Crippen LogP contribution in [0.4, 0.5) is 0 Å². The number of aromatic nitrogens is 1. The summed E-state index contributed by atoms with van der Waals surface area (Å²) in [6, 6.07) is 37.4. The SMILES string of the molecule is CCCCc1ccc(/C=C(\c2ccc(CCCC)cc2)c2cc(CCCC)ccc2-c2ncc3sccc3c2-c2ccc(CCCC)cc2)cc1. The van der Waals surface area contributed by atoms with E-state index in [0.29, 0.717) is 0 Å². The van der Waals surface area contributed by atoms with E-state index in [1.54, 1.807) is 11.3 Å². The molecule has 0 fully saturated rings. The molecule has 0 aliphatic carbocycles. The van der Waals surface area contributed by atoms with E-state index in [1.807, 2.05) is 0 Å². The first-order valence-electron chi connectivity index (χ1n) is 19.6. The van der Waals surface area contributed by atoms with Crippen molar-refractivity contribution in [3.8, 4) is 22.4 Å². The topological polar surface area (TPSA) is 12.9 Å². The Bertz CT molecular complexity index is 2010. The molecular weight excluding hydrogens is 635 g/mol. The highest BCUT2D eigenvalue weighted by Crippen LogP contribution is 2.43. The molecule has 0 unspecified atom stereocenters. The fourth-order valence-corrected chi connectivity index (χ4v) is 7.85. The molecule has 4 aromatic carbocycles. The summed E-state index contributed by atoms with van der Waals surface area (Å²) in [4.78, 5) is 5.30. The molecular formula is C49H55NS. The van der Waals surface area contributed by atoms with Crippen LogP contribution in [0.1, 0.15) is 118 Å². The fraction of sp³-hybridized carbons (Fsp3) is 0.327. The quantitative estimate of drug-likeness (QED) is 0.0869. The van der Waals surface area contributed by atoms with Crippen molar-refractivity contribution < 1.29 is 0 Å². The third-order valence-corrected chi connectivity index (χ3v) is 11.1. The lowest BCUT2D eigenvalue weighted by atomic mass is 9.86. The van der Waals surface area contributed by atoms with Gasteiger partial charge in [-0.1, -0.05) is 144 Å². The minimum Gasteiger partial charge on any atom is -0.254 e. The van der Waals surface area contributed by atoms with Crippen LogP contribution in [-0.2, 0) is 25.7 Å². The largest absolute Gasteiger partial charge is 0.254 e. The second kappa shape index (κ2) is 18.3. The van der Waals surface area contributed by atoms with Crippen molar-refractivity contribution in [1.29, 1.82) is 0 Å². The van der Waals surface area contributed by atoms with Crippen molar-refractivity contribution in [3.05, 3.63) is 148 Å². The lowest BCUT2D eigenvalue weighted by molar-refractivity contribution is 0.795. The summed E-state index contributed by atoms with van der Waals surface area (Å²) in [6.07, 6.45) is 18.6. The van der Waals surface area contributed by atoms with Crippen molar-refractivity contribution in [2.24, 2.45) is 0 Å². The van der Waals surface area contributed by atoms with Crippen LogP contribution in [0.5, 0.6) is 0 Å². The molecule has 0 aliphatic rings. The molecule has 1 nitrogen and oxygen atoms in total. The van der Waals surface area contributed by atoms with Gasteiger partial charge in [-0.25, -0.2) is 0 Å². The molecule has 51 heavy (non-hydrogen) atoms. The van der Waals surface area contributed by atoms with Gasteiger partial charge in [-0.3, -0.25) is 4.98 Å². The second-order valence-electron chi connectivity index (χ2n) is 14.2. The number of hydrogen-bond acceptors (Lipinski definition) is 2. The normalized spacial score (nSPS) is 11.8. The van der Waals surface area contributed by atoms with E-state index in [9.17, 15) is 0 Å². The predicted octanol–water partition coefficient (Wildman–Crippen LogP) is 14.6. The van der Waals surface area contributed by atoms with Crippen LogP contribution in [0.25, 0.3) is 44.1 Å². The molecule has 0 spiro atoms. The Kier molecular flexibility index (Phi) is 13.1. The number of fused-ring (bicyclic) bond motifs is 1. The molecule has 6 rings (SSSR count). The first-order chi connectivity index (χ1) is 25.1. The van der Waals surface area contributed by atoms with E-state index in [1.165, 1.54) is 123 Å². The lowest BCUT2D eigenvalue weighted by Crippen LogP contribution is -1.99. The van der Waals surface area contributed by atoms with Gasteiger partial charge in [0.05, 0.1) is 10.4 Å². The molecule has 2 aromatic heterocycles. The molecule has 262 valence electrons. The van der Waals surface area contributed by atoms with Gasteiger partial charge in [-0.05, 0) is 119 Å². The number of hydrogen-bond donors (Lipinski definition) is 0. The summed E-state index contributed by atoms with van der Waals surface area (Å²) in [6.45, 7) is 9.08. The summed E-state index contributed by atoms with van der Waals surface area (Å²) in [5.74, 6) is 0. The summed E-state index contributed by atoms with van der Waals surface area (Å²) < 4.78 is 1.23. The van der Waals surface area contributed by atoms with Crippen LogP contribution in [-0.4, -0.2) is 4.98 Å². The zero-order chi connectivity index (χ0) is 35.4. The van der Waals surface area contributed by atoms with Gasteiger partial charge in [-0.15, -0.1) is 11.3 Å². The van der Waals surface area contributed by atoms with Gasteiger partial charge >= 0.3 is 0 Å². The van der Waals surface area contributed by atoms with Crippen LogP contribution in [0.2, 0.25) is 0 Å². The molecule has 0 saturated heterocycles. The van der Waals surface area contributed by atoms with Crippen LogP contribution in [0.15, 0.2) is 109 Å². The molecule has 0 bridgehead atoms. The minimum absolute atomic E-state index is 1.06. The molecule has 0 amide bonds. The van der Waals surface area contributed by atoms with Crippen molar-refractivity contribution in [2.75, 3.05) is 0 Å². The maximum absolute atomic E-state index is 5.30. The number of thiophene rings is 1. The molecule has 6 aromatic rings. The zero-order valence-corrected chi connectivity index (χ0v) is 32.1. The van der Waals surface area contributed by atoms with Gasteiger partial charge < -0.3 is 0 Å². The van der Waals surface area contributed by atoms with Gasteiger partial charge in [0.2, 0.25) is 0 Å². The van der Waals surface area contributed by atoms with Crippen molar-refractivity contribution >= 4 is 33.1 Å². The van der Waals surface area contributed by atoms with Crippen molar-refractivity contribution in [1.82, 2.24) is 4.98 Å². The van der Waals surface area contributed by atoms with Crippen LogP contribution in [0, 0.1) is 0 Å². The minimum atomic E-state index is 1.06. The van der Waals surface area contributed by atoms with Crippen molar-refractivity contribution in [2.45, 2.75) is 105 Å². The monoisotopic (exact) mass is 689 g/mol. The maximum atomic E-state index is 5.30. The van der Waals surface area contributed by atoms with Gasteiger partial charge in [0.15, 0.2) is 0 Å². The molecule has 0 aliphatic heterocycles. The average Bonchev–Trinajstić information content (AvgIpc) is 3.66. The zero-order valence-electron chi connectivity index (χ0n) is 31.3. The van der Waals surface area contributed by atoms with Crippen LogP contribution >= 0.6 is 11.3 Å². The summed E-state index contributed by atoms with van der Waals surface area (Å²) >= 11 is 1.77. The number of rotatable bonds is 17. The predicted molar refractivity (Wildman–Crippen MR) is 225 cm³/mol. The van der Waals surface area contributed by atoms with Gasteiger partial charge in [0.25, 0.3) is 0 Å². The fourth-order valence-electron chi connectivity index (χ4n) is 7.09. The van der Waals surface area contributed by atoms with E-state index < -0.39 is 0 Å². The molecule has 2 heteroatoms. The van der Waals surface area contributed by atoms with Crippen molar-refractivity contribution in [3.63, 3.8) is 0 Å². The number of benzene rings is 4. The second-order valence-corrected chi connectivity index (χ2v) is 15.1. The Morgan fingerprint density at radius 1 is 0.588 bits per heavy atom. The number of unbranched alkanes of at least 4 members (excludes halogenated alkanes) is 4. The van der Waals surface area contributed by atoms with E-state index in [-0.39, 0.29) is 0 Å². The standard InChI is InChI=1S/C49H55NS/c1-5-9-13-36-17-19-40(20-18-36)33-45(41-26-21-37(22-27-41)14-10-6-2)46-34-39(16-12-8-4)25-30-43(46)49-48(44-31-32-51-47(44)35-50-49)42-28-23-38(24-29-42)15-11-7-3/h17-35H,5-16H2,1-4H3/b45-33+.